The van der Waals surface area contributed by atoms with Gasteiger partial charge in [-0.3, -0.25) is 4.99 Å². The number of rotatable bonds is 3. The third-order valence-corrected chi connectivity index (χ3v) is 5.96. The maximum Gasteiger partial charge on any atom is 0.201 e. The van der Waals surface area contributed by atoms with E-state index in [1.165, 1.54) is 0 Å². The zero-order chi connectivity index (χ0) is 21.1. The van der Waals surface area contributed by atoms with Gasteiger partial charge in [-0.25, -0.2) is 4.68 Å². The van der Waals surface area contributed by atoms with E-state index in [1.807, 2.05) is 23.0 Å². The first-order valence-corrected chi connectivity index (χ1v) is 10.3. The molecule has 0 radical (unpaired) electrons. The number of benzene rings is 1. The van der Waals surface area contributed by atoms with E-state index in [2.05, 4.69) is 64.6 Å². The highest BCUT2D eigenvalue weighted by Crippen LogP contribution is 2.37. The smallest absolute Gasteiger partial charge is 0.201 e. The third-order valence-electron chi connectivity index (χ3n) is 5.96. The number of fused-ring (bicyclic) bond motifs is 2. The molecule has 156 valence electrons. The molecule has 3 aromatic rings. The summed E-state index contributed by atoms with van der Waals surface area (Å²) in [5.74, 6) is 0.766. The second kappa shape index (κ2) is 6.57. The fourth-order valence-corrected chi connectivity index (χ4v) is 5.08. The standard InChI is InChI=1S/C22H27N7O/c1-21(2)9-15(10-22(3,4)27-21)29-20-18(25-28-29)8-17(24-26-20)16-6-13-11-23-12-14(13)7-19(16)30-5/h6-8,11,15,27H,9-10,12H2,1-5H3. The maximum atomic E-state index is 5.61. The Morgan fingerprint density at radius 1 is 1.03 bits per heavy atom. The van der Waals surface area contributed by atoms with Crippen LogP contribution < -0.4 is 10.1 Å². The van der Waals surface area contributed by atoms with E-state index in [1.54, 1.807) is 7.11 Å². The van der Waals surface area contributed by atoms with Crippen LogP contribution in [0.1, 0.15) is 57.7 Å². The number of aliphatic imine (C=N–C) groups is 1. The average Bonchev–Trinajstić information content (AvgIpc) is 3.30. The van der Waals surface area contributed by atoms with Crippen LogP contribution in [0.4, 0.5) is 0 Å². The second-order valence-electron chi connectivity index (χ2n) is 9.65. The Kier molecular flexibility index (Phi) is 4.18. The molecule has 30 heavy (non-hydrogen) atoms. The molecule has 0 unspecified atom stereocenters. The highest BCUT2D eigenvalue weighted by atomic mass is 16.5. The zero-order valence-electron chi connectivity index (χ0n) is 18.1. The van der Waals surface area contributed by atoms with Gasteiger partial charge in [0.05, 0.1) is 25.4 Å². The first-order chi connectivity index (χ1) is 14.2. The molecule has 8 heteroatoms. The number of hydrogen-bond acceptors (Lipinski definition) is 7. The molecule has 2 aliphatic rings. The van der Waals surface area contributed by atoms with Crippen molar-refractivity contribution < 1.29 is 4.74 Å². The van der Waals surface area contributed by atoms with Gasteiger partial charge < -0.3 is 10.1 Å². The van der Waals surface area contributed by atoms with Gasteiger partial charge in [0.15, 0.2) is 0 Å². The first kappa shape index (κ1) is 19.1. The molecule has 2 aliphatic heterocycles. The van der Waals surface area contributed by atoms with Gasteiger partial charge in [0.25, 0.3) is 0 Å². The highest BCUT2D eigenvalue weighted by molar-refractivity contribution is 5.89. The molecule has 1 aromatic carbocycles. The SMILES string of the molecule is COc1cc2c(cc1-c1cc3nnn(C4CC(C)(C)NC(C)(C)C4)c3nn1)C=NC2. The van der Waals surface area contributed by atoms with Crippen LogP contribution in [0.3, 0.4) is 0 Å². The highest BCUT2D eigenvalue weighted by Gasteiger charge is 2.39. The maximum absolute atomic E-state index is 5.61. The van der Waals surface area contributed by atoms with Gasteiger partial charge in [0.1, 0.15) is 11.3 Å². The van der Waals surface area contributed by atoms with Crippen molar-refractivity contribution in [1.82, 2.24) is 30.5 Å². The minimum absolute atomic E-state index is 0.0113. The Morgan fingerprint density at radius 2 is 1.80 bits per heavy atom. The Bertz CT molecular complexity index is 1150. The lowest BCUT2D eigenvalue weighted by molar-refractivity contribution is 0.127. The molecule has 0 saturated carbocycles. The van der Waals surface area contributed by atoms with Crippen LogP contribution in [0.2, 0.25) is 0 Å². The molecule has 0 aliphatic carbocycles. The fourth-order valence-electron chi connectivity index (χ4n) is 5.08. The van der Waals surface area contributed by atoms with Crippen LogP contribution in [-0.4, -0.2) is 49.6 Å². The van der Waals surface area contributed by atoms with Gasteiger partial charge in [-0.1, -0.05) is 5.21 Å². The third kappa shape index (κ3) is 3.25. The summed E-state index contributed by atoms with van der Waals surface area (Å²) in [4.78, 5) is 4.34. The van der Waals surface area contributed by atoms with Gasteiger partial charge in [0.2, 0.25) is 5.65 Å². The summed E-state index contributed by atoms with van der Waals surface area (Å²) in [6.45, 7) is 9.61. The second-order valence-corrected chi connectivity index (χ2v) is 9.65. The number of ether oxygens (including phenoxy) is 1. The number of piperidine rings is 1. The molecular weight excluding hydrogens is 378 g/mol. The van der Waals surface area contributed by atoms with E-state index in [4.69, 9.17) is 4.74 Å². The minimum atomic E-state index is 0.0113. The molecule has 0 amide bonds. The van der Waals surface area contributed by atoms with Crippen molar-refractivity contribution in [2.75, 3.05) is 7.11 Å². The lowest BCUT2D eigenvalue weighted by Gasteiger charge is -2.46. The Labute approximate surface area is 175 Å². The van der Waals surface area contributed by atoms with E-state index >= 15 is 0 Å². The molecule has 0 bridgehead atoms. The summed E-state index contributed by atoms with van der Waals surface area (Å²) >= 11 is 0. The van der Waals surface area contributed by atoms with Crippen LogP contribution in [0.5, 0.6) is 5.75 Å². The Hall–Kier alpha value is -2.87. The van der Waals surface area contributed by atoms with Crippen molar-refractivity contribution in [3.05, 3.63) is 29.3 Å². The summed E-state index contributed by atoms with van der Waals surface area (Å²) in [7, 11) is 1.67. The van der Waals surface area contributed by atoms with E-state index in [-0.39, 0.29) is 17.1 Å². The number of hydrogen-bond donors (Lipinski definition) is 1. The largest absolute Gasteiger partial charge is 0.496 e. The van der Waals surface area contributed by atoms with Crippen molar-refractivity contribution in [2.24, 2.45) is 4.99 Å². The lowest BCUT2D eigenvalue weighted by Crippen LogP contribution is -2.58. The Morgan fingerprint density at radius 3 is 2.53 bits per heavy atom. The summed E-state index contributed by atoms with van der Waals surface area (Å²) < 4.78 is 7.56. The zero-order valence-corrected chi connectivity index (χ0v) is 18.1. The molecule has 1 fully saturated rings. The predicted octanol–water partition coefficient (Wildman–Crippen LogP) is 3.31. The fraction of sp³-hybridized carbons (Fsp3) is 0.500. The monoisotopic (exact) mass is 405 g/mol. The van der Waals surface area contributed by atoms with Crippen LogP contribution in [0, 0.1) is 0 Å². The molecule has 8 nitrogen and oxygen atoms in total. The van der Waals surface area contributed by atoms with Crippen molar-refractivity contribution in [3.63, 3.8) is 0 Å². The van der Waals surface area contributed by atoms with Gasteiger partial charge >= 0.3 is 0 Å². The molecule has 4 heterocycles. The van der Waals surface area contributed by atoms with Crippen LogP contribution in [-0.2, 0) is 6.54 Å². The van der Waals surface area contributed by atoms with Crippen LogP contribution in [0.25, 0.3) is 22.4 Å². The molecule has 2 aromatic heterocycles. The van der Waals surface area contributed by atoms with Gasteiger partial charge in [-0.05, 0) is 69.9 Å². The molecule has 1 N–H and O–H groups in total. The van der Waals surface area contributed by atoms with Gasteiger partial charge in [-0.2, -0.15) is 0 Å². The normalized spacial score (nSPS) is 19.9. The van der Waals surface area contributed by atoms with Gasteiger partial charge in [0, 0.05) is 22.9 Å². The molecule has 5 rings (SSSR count). The quantitative estimate of drug-likeness (QED) is 0.719. The van der Waals surface area contributed by atoms with E-state index < -0.39 is 0 Å². The van der Waals surface area contributed by atoms with Crippen LogP contribution >= 0.6 is 0 Å². The molecule has 1 saturated heterocycles. The number of nitrogens with one attached hydrogen (secondary N) is 1. The summed E-state index contributed by atoms with van der Waals surface area (Å²) in [5, 5.41) is 21.7. The van der Waals surface area contributed by atoms with E-state index in [9.17, 15) is 0 Å². The number of aromatic nitrogens is 5. The summed E-state index contributed by atoms with van der Waals surface area (Å²) in [6, 6.07) is 6.24. The van der Waals surface area contributed by atoms with Crippen LogP contribution in [0.15, 0.2) is 23.2 Å². The first-order valence-electron chi connectivity index (χ1n) is 10.3. The Balaban J connectivity index is 1.55. The number of nitrogens with zero attached hydrogens (tertiary/aromatic N) is 6. The molecule has 0 atom stereocenters. The van der Waals surface area contributed by atoms with Gasteiger partial charge in [-0.15, -0.1) is 15.3 Å². The lowest BCUT2D eigenvalue weighted by atomic mass is 9.80. The van der Waals surface area contributed by atoms with E-state index in [0.29, 0.717) is 6.54 Å². The van der Waals surface area contributed by atoms with Crippen molar-refractivity contribution in [1.29, 1.82) is 0 Å². The summed E-state index contributed by atoms with van der Waals surface area (Å²) in [6.07, 6.45) is 3.80. The molecular formula is C22H27N7O. The summed E-state index contributed by atoms with van der Waals surface area (Å²) in [5.41, 5.74) is 5.35. The van der Waals surface area contributed by atoms with E-state index in [0.717, 1.165) is 52.1 Å². The predicted molar refractivity (Wildman–Crippen MR) is 116 cm³/mol. The van der Waals surface area contributed by atoms with Crippen molar-refractivity contribution in [3.8, 4) is 17.0 Å². The minimum Gasteiger partial charge on any atom is -0.496 e. The topological polar surface area (TPSA) is 90.1 Å². The number of methoxy groups -OCH3 is 1. The van der Waals surface area contributed by atoms with Crippen molar-refractivity contribution in [2.45, 2.75) is 64.2 Å². The van der Waals surface area contributed by atoms with Crippen molar-refractivity contribution >= 4 is 17.4 Å². The average molecular weight is 406 g/mol. The molecule has 0 spiro atoms.